The second kappa shape index (κ2) is 18.2. The van der Waals surface area contributed by atoms with E-state index in [9.17, 15) is 4.79 Å². The molecule has 0 heterocycles. The number of ether oxygens (including phenoxy) is 2. The van der Waals surface area contributed by atoms with Crippen LogP contribution in [0.2, 0.25) is 0 Å². The van der Waals surface area contributed by atoms with Crippen LogP contribution in [-0.2, 0) is 4.74 Å². The third-order valence-electron chi connectivity index (χ3n) is 7.09. The maximum absolute atomic E-state index is 12.7. The molecule has 2 unspecified atom stereocenters. The van der Waals surface area contributed by atoms with E-state index in [0.717, 1.165) is 18.6 Å². The molecule has 3 nitrogen and oxygen atoms in total. The van der Waals surface area contributed by atoms with Gasteiger partial charge in [0.1, 0.15) is 5.75 Å². The molecule has 0 saturated carbocycles. The Balaban J connectivity index is 1.84. The van der Waals surface area contributed by atoms with E-state index in [1.165, 1.54) is 82.6 Å². The monoisotopic (exact) mass is 494 g/mol. The molecule has 2 aromatic rings. The van der Waals surface area contributed by atoms with Crippen molar-refractivity contribution in [2.75, 3.05) is 6.61 Å². The predicted molar refractivity (Wildman–Crippen MR) is 152 cm³/mol. The first-order valence-corrected chi connectivity index (χ1v) is 14.6. The van der Waals surface area contributed by atoms with Crippen molar-refractivity contribution in [3.05, 3.63) is 65.2 Å². The van der Waals surface area contributed by atoms with E-state index in [4.69, 9.17) is 9.47 Å². The normalized spacial score (nSPS) is 12.9. The minimum Gasteiger partial charge on any atom is -0.423 e. The third-order valence-corrected chi connectivity index (χ3v) is 7.09. The molecule has 2 aromatic carbocycles. The molecule has 0 aromatic heterocycles. The highest BCUT2D eigenvalue weighted by Crippen LogP contribution is 2.29. The standard InChI is InChI=1S/C33H50O3/c1-5-8-10-12-13-14-17-29(16-7-3)30-22-24-32(25-23-30)36-33(34)31-20-18-28(19-21-31)27(4)35-26-15-11-9-6-2/h18-25,27,29H,5-17,26H2,1-4H3. The first-order valence-electron chi connectivity index (χ1n) is 14.6. The number of carbonyl (C=O) groups excluding carboxylic acids is 1. The molecule has 200 valence electrons. The molecule has 36 heavy (non-hydrogen) atoms. The molecular formula is C33H50O3. The molecule has 0 spiro atoms. The fourth-order valence-electron chi connectivity index (χ4n) is 4.75. The summed E-state index contributed by atoms with van der Waals surface area (Å²) in [7, 11) is 0. The van der Waals surface area contributed by atoms with Crippen LogP contribution >= 0.6 is 0 Å². The second-order valence-electron chi connectivity index (χ2n) is 10.2. The number of benzene rings is 2. The number of esters is 1. The summed E-state index contributed by atoms with van der Waals surface area (Å²) in [6.45, 7) is 9.58. The molecule has 0 amide bonds. The van der Waals surface area contributed by atoms with Crippen molar-refractivity contribution in [3.8, 4) is 5.75 Å². The van der Waals surface area contributed by atoms with Crippen LogP contribution in [0.15, 0.2) is 48.5 Å². The van der Waals surface area contributed by atoms with Gasteiger partial charge in [0.05, 0.1) is 11.7 Å². The molecule has 0 N–H and O–H groups in total. The van der Waals surface area contributed by atoms with Gasteiger partial charge in [-0.05, 0) is 67.5 Å². The van der Waals surface area contributed by atoms with E-state index < -0.39 is 0 Å². The number of hydrogen-bond donors (Lipinski definition) is 0. The Hall–Kier alpha value is -2.13. The van der Waals surface area contributed by atoms with Crippen LogP contribution < -0.4 is 4.74 Å². The van der Waals surface area contributed by atoms with Gasteiger partial charge in [-0.3, -0.25) is 0 Å². The fraction of sp³-hybridized carbons (Fsp3) is 0.606. The van der Waals surface area contributed by atoms with Gasteiger partial charge in [0.15, 0.2) is 0 Å². The highest BCUT2D eigenvalue weighted by molar-refractivity contribution is 5.91. The fourth-order valence-corrected chi connectivity index (χ4v) is 4.75. The highest BCUT2D eigenvalue weighted by atomic mass is 16.5. The molecule has 0 bridgehead atoms. The van der Waals surface area contributed by atoms with Gasteiger partial charge in [-0.15, -0.1) is 0 Å². The van der Waals surface area contributed by atoms with Crippen LogP contribution in [0.4, 0.5) is 0 Å². The molecule has 0 aliphatic heterocycles. The van der Waals surface area contributed by atoms with E-state index >= 15 is 0 Å². The highest BCUT2D eigenvalue weighted by Gasteiger charge is 2.13. The maximum Gasteiger partial charge on any atom is 0.343 e. The van der Waals surface area contributed by atoms with Crippen molar-refractivity contribution >= 4 is 5.97 Å². The van der Waals surface area contributed by atoms with Gasteiger partial charge in [0.25, 0.3) is 0 Å². The summed E-state index contributed by atoms with van der Waals surface area (Å²) in [5.41, 5.74) is 3.00. The van der Waals surface area contributed by atoms with E-state index in [2.05, 4.69) is 39.8 Å². The van der Waals surface area contributed by atoms with Gasteiger partial charge in [-0.1, -0.05) is 109 Å². The summed E-state index contributed by atoms with van der Waals surface area (Å²) >= 11 is 0. The van der Waals surface area contributed by atoms with E-state index in [1.807, 2.05) is 36.4 Å². The molecule has 3 heteroatoms. The Bertz CT molecular complexity index is 825. The summed E-state index contributed by atoms with van der Waals surface area (Å²) in [5, 5.41) is 0. The van der Waals surface area contributed by atoms with Gasteiger partial charge in [-0.2, -0.15) is 0 Å². The molecule has 2 rings (SSSR count). The predicted octanol–water partition coefficient (Wildman–Crippen LogP) is 10.2. The molecule has 2 atom stereocenters. The number of unbranched alkanes of at least 4 members (excludes halogenated alkanes) is 8. The Morgan fingerprint density at radius 1 is 0.667 bits per heavy atom. The van der Waals surface area contributed by atoms with Crippen LogP contribution in [-0.4, -0.2) is 12.6 Å². The Labute approximate surface area is 221 Å². The third kappa shape index (κ3) is 11.3. The zero-order valence-electron chi connectivity index (χ0n) is 23.4. The van der Waals surface area contributed by atoms with E-state index in [-0.39, 0.29) is 12.1 Å². The lowest BCUT2D eigenvalue weighted by Gasteiger charge is -2.17. The van der Waals surface area contributed by atoms with Crippen molar-refractivity contribution < 1.29 is 14.3 Å². The Morgan fingerprint density at radius 3 is 1.89 bits per heavy atom. The van der Waals surface area contributed by atoms with Crippen molar-refractivity contribution in [1.82, 2.24) is 0 Å². The van der Waals surface area contributed by atoms with Crippen LogP contribution in [0.3, 0.4) is 0 Å². The lowest BCUT2D eigenvalue weighted by atomic mass is 9.89. The number of carbonyl (C=O) groups is 1. The largest absolute Gasteiger partial charge is 0.423 e. The summed E-state index contributed by atoms with van der Waals surface area (Å²) in [5.74, 6) is 0.875. The average molecular weight is 495 g/mol. The minimum absolute atomic E-state index is 0.0247. The maximum atomic E-state index is 12.7. The minimum atomic E-state index is -0.320. The summed E-state index contributed by atoms with van der Waals surface area (Å²) in [4.78, 5) is 12.7. The van der Waals surface area contributed by atoms with Gasteiger partial charge in [0.2, 0.25) is 0 Å². The van der Waals surface area contributed by atoms with Gasteiger partial charge >= 0.3 is 5.97 Å². The molecule has 0 aliphatic rings. The topological polar surface area (TPSA) is 35.5 Å². The first kappa shape index (κ1) is 30.1. The van der Waals surface area contributed by atoms with Crippen LogP contribution in [0.25, 0.3) is 0 Å². The molecule has 0 aliphatic carbocycles. The lowest BCUT2D eigenvalue weighted by molar-refractivity contribution is 0.0626. The van der Waals surface area contributed by atoms with Crippen LogP contribution in [0, 0.1) is 0 Å². The van der Waals surface area contributed by atoms with Crippen LogP contribution in [0.5, 0.6) is 5.75 Å². The zero-order chi connectivity index (χ0) is 26.0. The number of rotatable bonds is 19. The number of hydrogen-bond acceptors (Lipinski definition) is 3. The Kier molecular flexibility index (Phi) is 15.2. The molecule has 0 radical (unpaired) electrons. The quantitative estimate of drug-likeness (QED) is 0.111. The smallest absolute Gasteiger partial charge is 0.343 e. The molecule has 0 fully saturated rings. The van der Waals surface area contributed by atoms with Crippen molar-refractivity contribution in [1.29, 1.82) is 0 Å². The lowest BCUT2D eigenvalue weighted by Crippen LogP contribution is -2.09. The van der Waals surface area contributed by atoms with Crippen molar-refractivity contribution in [2.24, 2.45) is 0 Å². The van der Waals surface area contributed by atoms with E-state index in [1.54, 1.807) is 0 Å². The van der Waals surface area contributed by atoms with Crippen molar-refractivity contribution in [3.63, 3.8) is 0 Å². The van der Waals surface area contributed by atoms with Gasteiger partial charge in [0, 0.05) is 6.61 Å². The van der Waals surface area contributed by atoms with Gasteiger partial charge < -0.3 is 9.47 Å². The molecule has 0 saturated heterocycles. The molecular weight excluding hydrogens is 444 g/mol. The summed E-state index contributed by atoms with van der Waals surface area (Å²) in [6.07, 6.45) is 16.5. The SMILES string of the molecule is CCCCCCCCC(CCC)c1ccc(OC(=O)c2ccc(C(C)OCCCCCC)cc2)cc1. The van der Waals surface area contributed by atoms with Crippen molar-refractivity contribution in [2.45, 2.75) is 123 Å². The zero-order valence-corrected chi connectivity index (χ0v) is 23.4. The Morgan fingerprint density at radius 2 is 1.25 bits per heavy atom. The summed E-state index contributed by atoms with van der Waals surface area (Å²) < 4.78 is 11.6. The second-order valence-corrected chi connectivity index (χ2v) is 10.2. The average Bonchev–Trinajstić information content (AvgIpc) is 2.90. The van der Waals surface area contributed by atoms with Gasteiger partial charge in [-0.25, -0.2) is 4.79 Å². The summed E-state index contributed by atoms with van der Waals surface area (Å²) in [6, 6.07) is 15.8. The van der Waals surface area contributed by atoms with Crippen LogP contribution in [0.1, 0.15) is 145 Å². The van der Waals surface area contributed by atoms with E-state index in [0.29, 0.717) is 17.2 Å². The first-order chi connectivity index (χ1) is 17.6.